The molecule has 3 aromatic rings. The van der Waals surface area contributed by atoms with Crippen LogP contribution < -0.4 is 10.1 Å². The number of aliphatic hydroxyl groups is 1. The van der Waals surface area contributed by atoms with Gasteiger partial charge in [0.1, 0.15) is 5.69 Å². The van der Waals surface area contributed by atoms with E-state index in [1.807, 2.05) is 0 Å². The third-order valence-electron chi connectivity index (χ3n) is 4.90. The summed E-state index contributed by atoms with van der Waals surface area (Å²) >= 11 is 6.11. The summed E-state index contributed by atoms with van der Waals surface area (Å²) in [5.74, 6) is -4.74. The first-order chi connectivity index (χ1) is 15.7. The molecule has 2 atom stereocenters. The molecular weight excluding hydrogens is 460 g/mol. The zero-order valence-corrected chi connectivity index (χ0v) is 18.1. The molecule has 1 heterocycles. The number of aliphatic hydroxyl groups excluding tert-OH is 1. The quantitative estimate of drug-likeness (QED) is 0.435. The molecule has 3 rings (SSSR count). The average molecular weight is 480 g/mol. The van der Waals surface area contributed by atoms with E-state index >= 15 is 0 Å². The number of hydrogen-bond donors (Lipinski definition) is 3. The molecule has 0 bridgehead atoms. The second kappa shape index (κ2) is 10.4. The zero-order valence-electron chi connectivity index (χ0n) is 17.3. The van der Waals surface area contributed by atoms with Gasteiger partial charge in [-0.1, -0.05) is 35.9 Å². The maximum Gasteiger partial charge on any atom is 0.334 e. The molecule has 1 aromatic heterocycles. The van der Waals surface area contributed by atoms with Crippen molar-refractivity contribution in [2.75, 3.05) is 7.11 Å². The van der Waals surface area contributed by atoms with Gasteiger partial charge in [0.05, 0.1) is 19.7 Å². The van der Waals surface area contributed by atoms with Gasteiger partial charge in [0.15, 0.2) is 17.7 Å². The van der Waals surface area contributed by atoms with Gasteiger partial charge < -0.3 is 20.3 Å². The van der Waals surface area contributed by atoms with Crippen molar-refractivity contribution >= 4 is 23.5 Å². The van der Waals surface area contributed by atoms with Gasteiger partial charge in [-0.2, -0.15) is 9.49 Å². The maximum atomic E-state index is 14.2. The minimum Gasteiger partial charge on any atom is -0.494 e. The van der Waals surface area contributed by atoms with Crippen LogP contribution in [0.3, 0.4) is 0 Å². The van der Waals surface area contributed by atoms with Crippen molar-refractivity contribution in [1.82, 2.24) is 15.1 Å². The monoisotopic (exact) mass is 479 g/mol. The van der Waals surface area contributed by atoms with Gasteiger partial charge in [0.2, 0.25) is 5.82 Å². The highest BCUT2D eigenvalue weighted by atomic mass is 35.5. The highest BCUT2D eigenvalue weighted by Crippen LogP contribution is 2.23. The van der Waals surface area contributed by atoms with Crippen molar-refractivity contribution in [3.63, 3.8) is 0 Å². The second-order valence-electron chi connectivity index (χ2n) is 7.11. The Hall–Kier alpha value is -3.50. The topological polar surface area (TPSA) is 114 Å². The van der Waals surface area contributed by atoms with E-state index in [0.717, 1.165) is 0 Å². The molecule has 174 valence electrons. The molecule has 0 saturated carbocycles. The van der Waals surface area contributed by atoms with E-state index < -0.39 is 35.7 Å². The fourth-order valence-corrected chi connectivity index (χ4v) is 3.37. The molecule has 0 unspecified atom stereocenters. The Bertz CT molecular complexity index is 1170. The number of carbonyl (C=O) groups excluding carboxylic acids is 1. The number of carboxylic acid groups (broad SMARTS) is 1. The first-order valence-corrected chi connectivity index (χ1v) is 10.1. The van der Waals surface area contributed by atoms with Crippen LogP contribution >= 0.6 is 11.6 Å². The van der Waals surface area contributed by atoms with Crippen LogP contribution in [-0.4, -0.2) is 51.1 Å². The number of benzene rings is 2. The summed E-state index contributed by atoms with van der Waals surface area (Å²) in [4.78, 5) is 24.0. The molecule has 0 aliphatic rings. The number of nitrogens with zero attached hydrogens (tertiary/aromatic N) is 2. The largest absolute Gasteiger partial charge is 0.494 e. The smallest absolute Gasteiger partial charge is 0.334 e. The van der Waals surface area contributed by atoms with Gasteiger partial charge in [-0.05, 0) is 30.2 Å². The third-order valence-corrected chi connectivity index (χ3v) is 5.27. The number of aliphatic carboxylic acids is 1. The normalized spacial score (nSPS) is 12.8. The molecule has 1 amide bonds. The summed E-state index contributed by atoms with van der Waals surface area (Å²) in [5.41, 5.74) is 0.416. The third kappa shape index (κ3) is 5.65. The van der Waals surface area contributed by atoms with Gasteiger partial charge in [-0.3, -0.25) is 9.48 Å². The van der Waals surface area contributed by atoms with Gasteiger partial charge >= 0.3 is 5.97 Å². The Morgan fingerprint density at radius 1 is 1.15 bits per heavy atom. The molecule has 3 N–H and O–H groups in total. The molecule has 0 saturated heterocycles. The predicted octanol–water partition coefficient (Wildman–Crippen LogP) is 2.66. The van der Waals surface area contributed by atoms with Crippen molar-refractivity contribution < 1.29 is 33.3 Å². The van der Waals surface area contributed by atoms with Crippen LogP contribution in [0.25, 0.3) is 0 Å². The number of carboxylic acids is 1. The molecule has 33 heavy (non-hydrogen) atoms. The number of amides is 1. The number of ether oxygens (including phenoxy) is 1. The summed E-state index contributed by atoms with van der Waals surface area (Å²) < 4.78 is 34.1. The van der Waals surface area contributed by atoms with E-state index in [2.05, 4.69) is 10.4 Å². The minimum absolute atomic E-state index is 0.0127. The molecule has 0 radical (unpaired) electrons. The summed E-state index contributed by atoms with van der Waals surface area (Å²) in [5, 5.41) is 26.1. The Morgan fingerprint density at radius 2 is 1.88 bits per heavy atom. The highest BCUT2D eigenvalue weighted by molar-refractivity contribution is 6.31. The Morgan fingerprint density at radius 3 is 2.55 bits per heavy atom. The summed E-state index contributed by atoms with van der Waals surface area (Å²) in [6.07, 6.45) is -0.563. The lowest BCUT2D eigenvalue weighted by molar-refractivity contribution is -0.148. The SMILES string of the molecule is COc1ccc(Cn2ccc(C(=O)N[C@H](Cc3ccccc3Cl)[C@@H](O)C(=O)O)n2)c(F)c1F. The van der Waals surface area contributed by atoms with Crippen molar-refractivity contribution in [1.29, 1.82) is 0 Å². The molecule has 0 fully saturated rings. The zero-order chi connectivity index (χ0) is 24.1. The fraction of sp³-hybridized carbons (Fsp3) is 0.227. The van der Waals surface area contributed by atoms with E-state index in [4.69, 9.17) is 16.3 Å². The first-order valence-electron chi connectivity index (χ1n) is 9.70. The summed E-state index contributed by atoms with van der Waals surface area (Å²) in [7, 11) is 1.22. The lowest BCUT2D eigenvalue weighted by atomic mass is 10.0. The van der Waals surface area contributed by atoms with Crippen LogP contribution in [0.4, 0.5) is 8.78 Å². The maximum absolute atomic E-state index is 14.2. The average Bonchev–Trinajstić information content (AvgIpc) is 3.26. The van der Waals surface area contributed by atoms with Gasteiger partial charge in [-0.15, -0.1) is 0 Å². The Balaban J connectivity index is 1.75. The van der Waals surface area contributed by atoms with Crippen LogP contribution in [0.15, 0.2) is 48.7 Å². The Labute approximate surface area is 192 Å². The summed E-state index contributed by atoms with van der Waals surface area (Å²) in [6, 6.07) is 9.37. The van der Waals surface area contributed by atoms with E-state index in [1.54, 1.807) is 24.3 Å². The van der Waals surface area contributed by atoms with Crippen LogP contribution in [0.1, 0.15) is 21.6 Å². The number of methoxy groups -OCH3 is 1. The number of halogens is 3. The molecule has 0 spiro atoms. The van der Waals surface area contributed by atoms with E-state index in [1.165, 1.54) is 36.2 Å². The minimum atomic E-state index is -1.90. The van der Waals surface area contributed by atoms with Crippen molar-refractivity contribution in [2.24, 2.45) is 0 Å². The van der Waals surface area contributed by atoms with E-state index in [-0.39, 0.29) is 30.0 Å². The van der Waals surface area contributed by atoms with Crippen LogP contribution in [0.5, 0.6) is 5.75 Å². The van der Waals surface area contributed by atoms with Crippen LogP contribution in [0, 0.1) is 11.6 Å². The molecular formula is C22H20ClF2N3O5. The van der Waals surface area contributed by atoms with E-state index in [9.17, 15) is 28.6 Å². The number of aromatic nitrogens is 2. The number of carbonyl (C=O) groups is 2. The number of nitrogens with one attached hydrogen (secondary N) is 1. The van der Waals surface area contributed by atoms with Crippen LogP contribution in [-0.2, 0) is 17.8 Å². The molecule has 2 aromatic carbocycles. The molecule has 11 heteroatoms. The lowest BCUT2D eigenvalue weighted by Crippen LogP contribution is -2.48. The van der Waals surface area contributed by atoms with E-state index in [0.29, 0.717) is 10.6 Å². The van der Waals surface area contributed by atoms with Crippen LogP contribution in [0.2, 0.25) is 5.02 Å². The molecule has 8 nitrogen and oxygen atoms in total. The van der Waals surface area contributed by atoms with Crippen molar-refractivity contribution in [3.8, 4) is 5.75 Å². The Kier molecular flexibility index (Phi) is 7.62. The van der Waals surface area contributed by atoms with Crippen molar-refractivity contribution in [2.45, 2.75) is 25.1 Å². The second-order valence-corrected chi connectivity index (χ2v) is 7.52. The first kappa shape index (κ1) is 24.1. The van der Waals surface area contributed by atoms with Gasteiger partial charge in [-0.25, -0.2) is 9.18 Å². The van der Waals surface area contributed by atoms with Crippen molar-refractivity contribution in [3.05, 3.63) is 82.1 Å². The summed E-state index contributed by atoms with van der Waals surface area (Å²) in [6.45, 7) is -0.166. The lowest BCUT2D eigenvalue weighted by Gasteiger charge is -2.21. The highest BCUT2D eigenvalue weighted by Gasteiger charge is 2.29. The number of hydrogen-bond acceptors (Lipinski definition) is 5. The molecule has 0 aliphatic carbocycles. The number of rotatable bonds is 9. The standard InChI is InChI=1S/C22H20ClF2N3O5/c1-33-17-7-6-13(18(24)19(17)25)11-28-9-8-15(27-28)21(30)26-16(20(29)22(31)32)10-12-4-2-3-5-14(12)23/h2-9,16,20,29H,10-11H2,1H3,(H,26,30)(H,31,32)/t16-,20-/m1/s1. The fourth-order valence-electron chi connectivity index (χ4n) is 3.15. The van der Waals surface area contributed by atoms with Gasteiger partial charge in [0, 0.05) is 16.8 Å². The molecule has 0 aliphatic heterocycles. The van der Waals surface area contributed by atoms with Gasteiger partial charge in [0.25, 0.3) is 5.91 Å². The predicted molar refractivity (Wildman–Crippen MR) is 114 cm³/mol.